The van der Waals surface area contributed by atoms with Gasteiger partial charge in [0.1, 0.15) is 12.2 Å². The average molecular weight is 372 g/mol. The monoisotopic (exact) mass is 372 g/mol. The predicted molar refractivity (Wildman–Crippen MR) is 76.9 cm³/mol. The Bertz CT molecular complexity index is 760. The fourth-order valence-electron chi connectivity index (χ4n) is 2.11. The van der Waals surface area contributed by atoms with Gasteiger partial charge in [0.2, 0.25) is 0 Å². The van der Waals surface area contributed by atoms with Crippen molar-refractivity contribution in [3.8, 4) is 0 Å². The van der Waals surface area contributed by atoms with Crippen molar-refractivity contribution in [3.63, 3.8) is 0 Å². The molecule has 0 aromatic carbocycles. The Morgan fingerprint density at radius 1 is 1.48 bits per heavy atom. The van der Waals surface area contributed by atoms with Crippen LogP contribution < -0.4 is 15.9 Å². The summed E-state index contributed by atoms with van der Waals surface area (Å²) in [5.74, 6) is 0. The number of aliphatic hydroxyl groups excluding tert-OH is 2. The minimum Gasteiger partial charge on any atom is -0.394 e. The second kappa shape index (κ2) is 6.40. The van der Waals surface area contributed by atoms with Crippen LogP contribution in [0.1, 0.15) is 11.8 Å². The van der Waals surface area contributed by atoms with Crippen molar-refractivity contribution in [1.29, 1.82) is 0 Å². The zero-order valence-corrected chi connectivity index (χ0v) is 13.4. The minimum absolute atomic E-state index is 0.00908. The highest BCUT2D eigenvalue weighted by molar-refractivity contribution is 8.06. The van der Waals surface area contributed by atoms with Gasteiger partial charge < -0.3 is 29.4 Å². The van der Waals surface area contributed by atoms with Gasteiger partial charge in [0, 0.05) is 23.6 Å². The van der Waals surface area contributed by atoms with Crippen LogP contribution in [0.2, 0.25) is 0 Å². The van der Waals surface area contributed by atoms with Crippen molar-refractivity contribution in [2.75, 3.05) is 6.61 Å². The van der Waals surface area contributed by atoms with E-state index in [9.17, 15) is 19.1 Å². The number of aliphatic hydroxyl groups is 2. The zero-order valence-electron chi connectivity index (χ0n) is 11.6. The van der Waals surface area contributed by atoms with Gasteiger partial charge in [0.05, 0.1) is 6.61 Å². The van der Waals surface area contributed by atoms with Crippen molar-refractivity contribution in [3.05, 3.63) is 32.6 Å². The number of aromatic nitrogens is 2. The molecule has 130 valence electrons. The second-order valence-corrected chi connectivity index (χ2v) is 7.43. The Morgan fingerprint density at radius 3 is 2.57 bits per heavy atom. The van der Waals surface area contributed by atoms with Crippen molar-refractivity contribution in [2.45, 2.75) is 31.5 Å². The van der Waals surface area contributed by atoms with Gasteiger partial charge in [-0.1, -0.05) is 4.73 Å². The van der Waals surface area contributed by atoms with Crippen LogP contribution in [-0.4, -0.2) is 54.3 Å². The summed E-state index contributed by atoms with van der Waals surface area (Å²) < 4.78 is 24.1. The molecule has 4 atom stereocenters. The molecule has 4 N–H and O–H groups in total. The first kappa shape index (κ1) is 18.2. The lowest BCUT2D eigenvalue weighted by atomic mass is 10.1. The maximum absolute atomic E-state index is 14.1. The van der Waals surface area contributed by atoms with Crippen molar-refractivity contribution in [2.24, 2.45) is 0 Å². The van der Waals surface area contributed by atoms with Crippen molar-refractivity contribution >= 4 is 18.5 Å². The van der Waals surface area contributed by atoms with Gasteiger partial charge in [-0.2, -0.15) is 0 Å². The topological polar surface area (TPSA) is 143 Å². The third kappa shape index (κ3) is 3.53. The molecule has 0 bridgehead atoms. The molecule has 0 spiro atoms. The van der Waals surface area contributed by atoms with Gasteiger partial charge in [-0.05, 0) is 6.92 Å². The number of aryl methyl sites for hydroxylation is 1. The van der Waals surface area contributed by atoms with E-state index in [0.29, 0.717) is 4.57 Å². The Labute approximate surface area is 133 Å². The lowest BCUT2D eigenvalue weighted by Gasteiger charge is -2.19. The summed E-state index contributed by atoms with van der Waals surface area (Å²) in [6.07, 6.45) is -5.68. The third-order valence-corrected chi connectivity index (χ3v) is 3.76. The van der Waals surface area contributed by atoms with Gasteiger partial charge in [0.15, 0.2) is 12.4 Å². The summed E-state index contributed by atoms with van der Waals surface area (Å²) in [5, 5.41) is 18.6. The van der Waals surface area contributed by atoms with Gasteiger partial charge >= 0.3 is 12.4 Å². The summed E-state index contributed by atoms with van der Waals surface area (Å²) in [5.41, 5.74) is -2.40. The molecule has 10 nitrogen and oxygen atoms in total. The van der Waals surface area contributed by atoms with E-state index in [-0.39, 0.29) is 10.3 Å². The van der Waals surface area contributed by atoms with Gasteiger partial charge in [-0.3, -0.25) is 9.36 Å². The largest absolute Gasteiger partial charge is 0.395 e. The molecule has 0 unspecified atom stereocenters. The van der Waals surface area contributed by atoms with Gasteiger partial charge in [-0.15, -0.1) is 0 Å². The molecule has 0 aliphatic carbocycles. The molecule has 1 saturated heterocycles. The number of hydrogen-bond acceptors (Lipinski definition) is 7. The van der Waals surface area contributed by atoms with E-state index in [4.69, 9.17) is 19.6 Å². The van der Waals surface area contributed by atoms with Crippen LogP contribution in [0, 0.1) is 6.92 Å². The highest BCUT2D eigenvalue weighted by atomic mass is 32.5. The van der Waals surface area contributed by atoms with E-state index < -0.39 is 49.2 Å². The molecule has 1 aromatic rings. The fourth-order valence-corrected chi connectivity index (χ4v) is 2.67. The summed E-state index contributed by atoms with van der Waals surface area (Å²) in [6, 6.07) is 0. The van der Waals surface area contributed by atoms with Gasteiger partial charge in [-0.25, -0.2) is 9.18 Å². The Kier molecular flexibility index (Phi) is 5.06. The van der Waals surface area contributed by atoms with E-state index in [1.54, 1.807) is 0 Å². The van der Waals surface area contributed by atoms with Crippen molar-refractivity contribution in [1.82, 2.24) is 9.30 Å². The summed E-state index contributed by atoms with van der Waals surface area (Å²) in [4.78, 5) is 42.3. The molecule has 0 radical (unpaired) electrons. The molecule has 23 heavy (non-hydrogen) atoms. The normalized spacial score (nSPS) is 28.1. The van der Waals surface area contributed by atoms with Crippen molar-refractivity contribution < 1.29 is 33.8 Å². The number of alkyl halides is 1. The molecule has 1 aliphatic heterocycles. The number of halogens is 1. The zero-order chi connectivity index (χ0) is 17.5. The molecular weight excluding hydrogens is 358 g/mol. The van der Waals surface area contributed by atoms with Crippen LogP contribution in [0.4, 0.5) is 4.39 Å². The molecule has 1 aromatic heterocycles. The molecule has 0 amide bonds. The summed E-state index contributed by atoms with van der Waals surface area (Å²) in [7, 11) is 0. The Balaban J connectivity index is 2.55. The molecule has 0 saturated carbocycles. The fraction of sp³-hybridized carbons (Fsp3) is 0.600. The summed E-state index contributed by atoms with van der Waals surface area (Å²) in [6.45, 7) is -3.82. The maximum Gasteiger partial charge on any atom is 0.395 e. The van der Waals surface area contributed by atoms with E-state index >= 15 is 0 Å². The predicted octanol–water partition coefficient (Wildman–Crippen LogP) is -2.46. The third-order valence-electron chi connectivity index (χ3n) is 3.19. The number of nitrogens with zero attached hydrogens (tertiary/aromatic N) is 2. The molecular formula is C10H14FN2O8PS. The average Bonchev–Trinajstić information content (AvgIpc) is 2.74. The van der Waals surface area contributed by atoms with E-state index in [1.165, 1.54) is 6.92 Å². The smallest absolute Gasteiger partial charge is 0.394 e. The molecule has 1 aliphatic rings. The second-order valence-electron chi connectivity index (χ2n) is 4.86. The quantitative estimate of drug-likeness (QED) is 0.423. The van der Waals surface area contributed by atoms with Crippen LogP contribution in [0.3, 0.4) is 0 Å². The molecule has 13 heteroatoms. The first-order chi connectivity index (χ1) is 10.6. The standard InChI is InChI=1S/C10H14FN2O8PS/c1-4-2-12(9-6(11)7(15)5(3-14)20-9)10(17)13(8(4)16)21-22(18,19)23/h2,5-7,9,14-15H,3H2,1H3,(H2,18,19,23)/t5-,6-,7-,9-/m1/s1. The SMILES string of the molecule is Cc1cn([C@@H]2O[C@H](CO)[C@@H](O)[C@H]2F)c(=O)n(OP(O)(O)=S)c1=O. The van der Waals surface area contributed by atoms with Crippen LogP contribution in [0.15, 0.2) is 15.8 Å². The first-order valence-electron chi connectivity index (χ1n) is 6.25. The Morgan fingerprint density at radius 2 is 2.09 bits per heavy atom. The molecule has 2 heterocycles. The molecule has 2 rings (SSSR count). The van der Waals surface area contributed by atoms with Gasteiger partial charge in [0.25, 0.3) is 5.56 Å². The highest BCUT2D eigenvalue weighted by Gasteiger charge is 2.45. The summed E-state index contributed by atoms with van der Waals surface area (Å²) >= 11 is 4.20. The Hall–Kier alpha value is -1.14. The number of hydrogen-bond donors (Lipinski definition) is 4. The highest BCUT2D eigenvalue weighted by Crippen LogP contribution is 2.32. The molecule has 1 fully saturated rings. The van der Waals surface area contributed by atoms with Crippen LogP contribution in [0.5, 0.6) is 0 Å². The first-order valence-corrected chi connectivity index (χ1v) is 8.88. The lowest BCUT2D eigenvalue weighted by molar-refractivity contribution is -0.0509. The van der Waals surface area contributed by atoms with E-state index in [2.05, 4.69) is 16.4 Å². The van der Waals surface area contributed by atoms with Crippen LogP contribution in [-0.2, 0) is 16.5 Å². The number of rotatable bonds is 4. The van der Waals surface area contributed by atoms with E-state index in [1.807, 2.05) is 0 Å². The van der Waals surface area contributed by atoms with E-state index in [0.717, 1.165) is 6.20 Å². The number of ether oxygens (including phenoxy) is 1. The van der Waals surface area contributed by atoms with Crippen LogP contribution in [0.25, 0.3) is 0 Å². The maximum atomic E-state index is 14.1. The lowest BCUT2D eigenvalue weighted by Crippen LogP contribution is -2.46. The van der Waals surface area contributed by atoms with Crippen LogP contribution >= 0.6 is 6.72 Å². The minimum atomic E-state index is -4.40.